The van der Waals surface area contributed by atoms with Crippen molar-refractivity contribution in [2.45, 2.75) is 33.2 Å². The summed E-state index contributed by atoms with van der Waals surface area (Å²) in [6.45, 7) is 5.74. The molecule has 4 rings (SSSR count). The number of aryl methyl sites for hydroxylation is 1. The molecule has 1 aromatic carbocycles. The Balaban J connectivity index is 1.74. The van der Waals surface area contributed by atoms with Gasteiger partial charge in [-0.2, -0.15) is 0 Å². The fourth-order valence-corrected chi connectivity index (χ4v) is 4.08. The van der Waals surface area contributed by atoms with Gasteiger partial charge < -0.3 is 14.3 Å². The van der Waals surface area contributed by atoms with Gasteiger partial charge in [0.05, 0.1) is 28.0 Å². The molecule has 0 fully saturated rings. The van der Waals surface area contributed by atoms with Crippen LogP contribution in [-0.4, -0.2) is 38.2 Å². The Kier molecular flexibility index (Phi) is 5.05. The van der Waals surface area contributed by atoms with Gasteiger partial charge in [-0.25, -0.2) is 15.0 Å². The first kappa shape index (κ1) is 17.9. The van der Waals surface area contributed by atoms with Crippen molar-refractivity contribution in [3.05, 3.63) is 41.3 Å². The molecule has 4 aromatic rings. The second kappa shape index (κ2) is 7.62. The van der Waals surface area contributed by atoms with E-state index in [2.05, 4.69) is 46.6 Å². The van der Waals surface area contributed by atoms with Gasteiger partial charge in [0.15, 0.2) is 5.82 Å². The lowest BCUT2D eigenvalue weighted by molar-refractivity contribution is 0.187. The standard InChI is InChI=1S/C20H23N5OS/c1-4-14-17(5-2)25(8-9-26-3)20(24-14)16-11-21-19(23-16)13-6-7-18-15(10-13)22-12-27-18/h6-7,10-12H,4-5,8-9H2,1-3H3,(H,21,23). The third kappa shape index (κ3) is 3.28. The van der Waals surface area contributed by atoms with E-state index in [1.807, 2.05) is 11.7 Å². The molecule has 0 aliphatic rings. The monoisotopic (exact) mass is 381 g/mol. The summed E-state index contributed by atoms with van der Waals surface area (Å²) >= 11 is 1.65. The number of imidazole rings is 2. The van der Waals surface area contributed by atoms with Gasteiger partial charge in [-0.05, 0) is 31.0 Å². The zero-order chi connectivity index (χ0) is 18.8. The highest BCUT2D eigenvalue weighted by molar-refractivity contribution is 7.16. The van der Waals surface area contributed by atoms with E-state index >= 15 is 0 Å². The van der Waals surface area contributed by atoms with Crippen LogP contribution in [0.15, 0.2) is 29.9 Å². The summed E-state index contributed by atoms with van der Waals surface area (Å²) in [6.07, 6.45) is 3.79. The van der Waals surface area contributed by atoms with Crippen molar-refractivity contribution in [1.29, 1.82) is 0 Å². The molecule has 6 nitrogen and oxygen atoms in total. The molecule has 0 radical (unpaired) electrons. The zero-order valence-corrected chi connectivity index (χ0v) is 16.6. The average Bonchev–Trinajstić information content (AvgIpc) is 3.42. The number of thiazole rings is 1. The molecule has 3 heterocycles. The SMILES string of the molecule is CCc1nc(-c2c[nH]c(-c3ccc4scnc4c3)n2)n(CCOC)c1CC. The van der Waals surface area contributed by atoms with Crippen LogP contribution in [0, 0.1) is 0 Å². The van der Waals surface area contributed by atoms with Crippen LogP contribution in [0.3, 0.4) is 0 Å². The summed E-state index contributed by atoms with van der Waals surface area (Å²) in [6, 6.07) is 6.24. The van der Waals surface area contributed by atoms with E-state index in [1.165, 1.54) is 10.4 Å². The predicted molar refractivity (Wildman–Crippen MR) is 109 cm³/mol. The van der Waals surface area contributed by atoms with Gasteiger partial charge in [-0.1, -0.05) is 13.8 Å². The van der Waals surface area contributed by atoms with Crippen LogP contribution in [0.25, 0.3) is 33.1 Å². The summed E-state index contributed by atoms with van der Waals surface area (Å²) in [5, 5.41) is 0. The van der Waals surface area contributed by atoms with Crippen molar-refractivity contribution in [3.8, 4) is 22.9 Å². The molecule has 0 bridgehead atoms. The number of rotatable bonds is 7. The number of benzene rings is 1. The van der Waals surface area contributed by atoms with Crippen molar-refractivity contribution in [1.82, 2.24) is 24.5 Å². The van der Waals surface area contributed by atoms with Gasteiger partial charge in [0.25, 0.3) is 0 Å². The van der Waals surface area contributed by atoms with E-state index in [-0.39, 0.29) is 0 Å². The van der Waals surface area contributed by atoms with Crippen LogP contribution < -0.4 is 0 Å². The van der Waals surface area contributed by atoms with E-state index in [9.17, 15) is 0 Å². The number of fused-ring (bicyclic) bond motifs is 1. The molecule has 1 N–H and O–H groups in total. The molecular formula is C20H23N5OS. The van der Waals surface area contributed by atoms with Crippen LogP contribution in [0.2, 0.25) is 0 Å². The Morgan fingerprint density at radius 1 is 1.19 bits per heavy atom. The van der Waals surface area contributed by atoms with Gasteiger partial charge in [0, 0.05) is 31.1 Å². The highest BCUT2D eigenvalue weighted by atomic mass is 32.1. The van der Waals surface area contributed by atoms with Crippen LogP contribution in [-0.2, 0) is 24.1 Å². The lowest BCUT2D eigenvalue weighted by atomic mass is 10.2. The van der Waals surface area contributed by atoms with Gasteiger partial charge in [-0.3, -0.25) is 0 Å². The van der Waals surface area contributed by atoms with Gasteiger partial charge >= 0.3 is 0 Å². The Hall–Kier alpha value is -2.51. The van der Waals surface area contributed by atoms with Crippen molar-refractivity contribution in [2.75, 3.05) is 13.7 Å². The number of methoxy groups -OCH3 is 1. The number of hydrogen-bond donors (Lipinski definition) is 1. The van der Waals surface area contributed by atoms with E-state index in [4.69, 9.17) is 14.7 Å². The average molecular weight is 382 g/mol. The topological polar surface area (TPSA) is 68.6 Å². The number of aromatic amines is 1. The minimum Gasteiger partial charge on any atom is -0.383 e. The van der Waals surface area contributed by atoms with Crippen LogP contribution in [0.4, 0.5) is 0 Å². The zero-order valence-electron chi connectivity index (χ0n) is 15.8. The molecule has 7 heteroatoms. The second-order valence-corrected chi connectivity index (χ2v) is 7.24. The van der Waals surface area contributed by atoms with Gasteiger partial charge in [0.2, 0.25) is 0 Å². The summed E-state index contributed by atoms with van der Waals surface area (Å²) in [5.74, 6) is 1.73. The minimum atomic E-state index is 0.650. The first-order valence-corrected chi connectivity index (χ1v) is 10.1. The molecule has 140 valence electrons. The number of aromatic nitrogens is 5. The van der Waals surface area contributed by atoms with E-state index in [0.29, 0.717) is 6.61 Å². The molecule has 0 saturated heterocycles. The molecule has 0 saturated carbocycles. The smallest absolute Gasteiger partial charge is 0.160 e. The molecule has 0 unspecified atom stereocenters. The summed E-state index contributed by atoms with van der Waals surface area (Å²) < 4.78 is 8.73. The number of nitrogens with zero attached hydrogens (tertiary/aromatic N) is 4. The largest absolute Gasteiger partial charge is 0.383 e. The van der Waals surface area contributed by atoms with E-state index in [1.54, 1.807) is 18.4 Å². The maximum Gasteiger partial charge on any atom is 0.160 e. The predicted octanol–water partition coefficient (Wildman–Crippen LogP) is 4.32. The second-order valence-electron chi connectivity index (χ2n) is 6.35. The fraction of sp³-hybridized carbons (Fsp3) is 0.350. The summed E-state index contributed by atoms with van der Waals surface area (Å²) in [5.41, 5.74) is 7.15. The van der Waals surface area contributed by atoms with Crippen molar-refractivity contribution in [2.24, 2.45) is 0 Å². The third-order valence-electron chi connectivity index (χ3n) is 4.76. The van der Waals surface area contributed by atoms with Crippen LogP contribution in [0.1, 0.15) is 25.2 Å². The molecule has 3 aromatic heterocycles. The van der Waals surface area contributed by atoms with Crippen LogP contribution >= 0.6 is 11.3 Å². The quantitative estimate of drug-likeness (QED) is 0.518. The normalized spacial score (nSPS) is 11.5. The van der Waals surface area contributed by atoms with Crippen molar-refractivity contribution in [3.63, 3.8) is 0 Å². The number of hydrogen-bond acceptors (Lipinski definition) is 5. The summed E-state index contributed by atoms with van der Waals surface area (Å²) in [7, 11) is 1.73. The Morgan fingerprint density at radius 2 is 2.07 bits per heavy atom. The molecule has 0 aliphatic carbocycles. The van der Waals surface area contributed by atoms with Gasteiger partial charge in [-0.15, -0.1) is 11.3 Å². The molecule has 27 heavy (non-hydrogen) atoms. The number of ether oxygens (including phenoxy) is 1. The number of H-pyrrole nitrogens is 1. The third-order valence-corrected chi connectivity index (χ3v) is 5.57. The maximum atomic E-state index is 5.30. The first-order valence-electron chi connectivity index (χ1n) is 9.21. The molecule has 0 aliphatic heterocycles. The molecule has 0 atom stereocenters. The van der Waals surface area contributed by atoms with E-state index < -0.39 is 0 Å². The molecule has 0 amide bonds. The molecule has 0 spiro atoms. The van der Waals surface area contributed by atoms with Crippen molar-refractivity contribution >= 4 is 21.6 Å². The highest BCUT2D eigenvalue weighted by Crippen LogP contribution is 2.27. The highest BCUT2D eigenvalue weighted by Gasteiger charge is 2.18. The maximum absolute atomic E-state index is 5.30. The lowest BCUT2D eigenvalue weighted by Crippen LogP contribution is -2.09. The van der Waals surface area contributed by atoms with Crippen molar-refractivity contribution < 1.29 is 4.74 Å². The minimum absolute atomic E-state index is 0.650. The fourth-order valence-electron chi connectivity index (χ4n) is 3.42. The van der Waals surface area contributed by atoms with Crippen LogP contribution in [0.5, 0.6) is 0 Å². The molecular weight excluding hydrogens is 358 g/mol. The Bertz CT molecular complexity index is 1060. The lowest BCUT2D eigenvalue weighted by Gasteiger charge is -2.09. The summed E-state index contributed by atoms with van der Waals surface area (Å²) in [4.78, 5) is 17.4. The van der Waals surface area contributed by atoms with Gasteiger partial charge in [0.1, 0.15) is 11.5 Å². The first-order chi connectivity index (χ1) is 13.2. The Morgan fingerprint density at radius 3 is 2.85 bits per heavy atom. The number of nitrogens with one attached hydrogen (secondary N) is 1. The van der Waals surface area contributed by atoms with E-state index in [0.717, 1.165) is 53.5 Å². The Labute approximate surface area is 162 Å².